The number of benzene rings is 3. The Morgan fingerprint density at radius 3 is 1.65 bits per heavy atom. The summed E-state index contributed by atoms with van der Waals surface area (Å²) in [7, 11) is 1.35. The molecule has 0 aromatic heterocycles. The lowest BCUT2D eigenvalue weighted by atomic mass is 9.91. The Morgan fingerprint density at radius 2 is 1.22 bits per heavy atom. The number of alkyl halides is 6. The number of esters is 3. The van der Waals surface area contributed by atoms with Gasteiger partial charge in [0.15, 0.2) is 12.2 Å². The smallest absolute Gasteiger partial charge is 0.432 e. The molecule has 0 amide bonds. The second kappa shape index (κ2) is 15.9. The van der Waals surface area contributed by atoms with E-state index in [0.717, 1.165) is 36.0 Å². The molecule has 1 aliphatic rings. The molecule has 6 atom stereocenters. The molecular formula is C36H34F6O8S. The number of hydrogen-bond donors (Lipinski definition) is 0. The van der Waals surface area contributed by atoms with Crippen molar-refractivity contribution < 1.29 is 64.4 Å². The van der Waals surface area contributed by atoms with Crippen molar-refractivity contribution in [1.82, 2.24) is 0 Å². The number of rotatable bonds is 13. The van der Waals surface area contributed by atoms with E-state index in [9.17, 15) is 40.7 Å². The Bertz CT molecular complexity index is 1680. The van der Waals surface area contributed by atoms with Gasteiger partial charge in [-0.3, -0.25) is 4.79 Å². The summed E-state index contributed by atoms with van der Waals surface area (Å²) < 4.78 is 114. The van der Waals surface area contributed by atoms with Gasteiger partial charge >= 0.3 is 30.3 Å². The Morgan fingerprint density at radius 1 is 0.765 bits per heavy atom. The van der Waals surface area contributed by atoms with Gasteiger partial charge in [0, 0.05) is 30.2 Å². The molecule has 51 heavy (non-hydrogen) atoms. The highest BCUT2D eigenvalue weighted by Crippen LogP contribution is 2.46. The molecule has 0 saturated carbocycles. The molecule has 8 nitrogen and oxygen atoms in total. The highest BCUT2D eigenvalue weighted by atomic mass is 32.2. The van der Waals surface area contributed by atoms with E-state index in [4.69, 9.17) is 23.7 Å². The van der Waals surface area contributed by atoms with Crippen molar-refractivity contribution in [1.29, 1.82) is 0 Å². The van der Waals surface area contributed by atoms with Gasteiger partial charge in [-0.15, -0.1) is 11.8 Å². The van der Waals surface area contributed by atoms with Crippen LogP contribution in [-0.4, -0.2) is 68.5 Å². The highest BCUT2D eigenvalue weighted by Gasteiger charge is 2.66. The Kier molecular flexibility index (Phi) is 12.3. The third-order valence-electron chi connectivity index (χ3n) is 8.10. The van der Waals surface area contributed by atoms with E-state index in [-0.39, 0.29) is 0 Å². The van der Waals surface area contributed by atoms with Crippen LogP contribution >= 0.6 is 11.8 Å². The van der Waals surface area contributed by atoms with Crippen LogP contribution in [0.4, 0.5) is 26.3 Å². The summed E-state index contributed by atoms with van der Waals surface area (Å²) in [4.78, 5) is 41.3. The van der Waals surface area contributed by atoms with Crippen LogP contribution in [-0.2, 0) is 49.3 Å². The first-order valence-corrected chi connectivity index (χ1v) is 16.2. The topological polar surface area (TPSA) is 97.4 Å². The minimum atomic E-state index is -5.36. The monoisotopic (exact) mass is 740 g/mol. The Balaban J connectivity index is 1.79. The van der Waals surface area contributed by atoms with E-state index >= 15 is 0 Å². The second-order valence-electron chi connectivity index (χ2n) is 11.6. The van der Waals surface area contributed by atoms with E-state index in [1.165, 1.54) is 42.5 Å². The van der Waals surface area contributed by atoms with Crippen molar-refractivity contribution in [2.75, 3.05) is 20.8 Å². The van der Waals surface area contributed by atoms with E-state index < -0.39 is 82.6 Å². The summed E-state index contributed by atoms with van der Waals surface area (Å²) in [6.45, 7) is 2.28. The van der Waals surface area contributed by atoms with Gasteiger partial charge in [0.25, 0.3) is 11.2 Å². The molecule has 15 heteroatoms. The molecule has 3 aromatic carbocycles. The maximum Gasteiger partial charge on any atom is 0.432 e. The van der Waals surface area contributed by atoms with E-state index in [0.29, 0.717) is 24.7 Å². The number of carbonyl (C=O) groups excluding carboxylic acids is 3. The van der Waals surface area contributed by atoms with Crippen LogP contribution in [0.25, 0.3) is 0 Å². The van der Waals surface area contributed by atoms with Crippen LogP contribution in [0.1, 0.15) is 25.0 Å². The fourth-order valence-electron chi connectivity index (χ4n) is 5.70. The van der Waals surface area contributed by atoms with Crippen molar-refractivity contribution >= 4 is 29.7 Å². The average molecular weight is 741 g/mol. The van der Waals surface area contributed by atoms with E-state index in [2.05, 4.69) is 0 Å². The minimum absolute atomic E-state index is 0.435. The molecule has 3 aromatic rings. The molecule has 0 spiro atoms. The van der Waals surface area contributed by atoms with Crippen molar-refractivity contribution in [3.05, 3.63) is 114 Å². The predicted octanol–water partition coefficient (Wildman–Crippen LogP) is 7.32. The van der Waals surface area contributed by atoms with Gasteiger partial charge in [-0.1, -0.05) is 84.4 Å². The molecule has 1 fully saturated rings. The van der Waals surface area contributed by atoms with Crippen LogP contribution in [0.2, 0.25) is 0 Å². The summed E-state index contributed by atoms with van der Waals surface area (Å²) in [5.41, 5.74) is -7.89. The van der Waals surface area contributed by atoms with Gasteiger partial charge in [0.05, 0.1) is 5.25 Å². The van der Waals surface area contributed by atoms with Gasteiger partial charge in [-0.05, 0) is 32.1 Å². The number of methoxy groups -OCH3 is 2. The molecule has 0 bridgehead atoms. The molecular weight excluding hydrogens is 706 g/mol. The van der Waals surface area contributed by atoms with Crippen LogP contribution < -0.4 is 0 Å². The lowest BCUT2D eigenvalue weighted by molar-refractivity contribution is -0.279. The maximum absolute atomic E-state index is 14.8. The average Bonchev–Trinajstić information content (AvgIpc) is 3.37. The summed E-state index contributed by atoms with van der Waals surface area (Å²) in [6, 6.07) is 20.1. The Hall–Kier alpha value is -4.34. The first-order valence-electron chi connectivity index (χ1n) is 15.3. The van der Waals surface area contributed by atoms with E-state index in [1.54, 1.807) is 44.2 Å². The first-order chi connectivity index (χ1) is 24.0. The molecule has 274 valence electrons. The summed E-state index contributed by atoms with van der Waals surface area (Å²) in [5.74, 6) is -6.52. The van der Waals surface area contributed by atoms with Crippen LogP contribution in [0.15, 0.2) is 108 Å². The van der Waals surface area contributed by atoms with Crippen molar-refractivity contribution in [3.8, 4) is 0 Å². The zero-order valence-electron chi connectivity index (χ0n) is 27.7. The molecule has 1 aliphatic heterocycles. The summed E-state index contributed by atoms with van der Waals surface area (Å²) >= 11 is 0.855. The number of carbonyl (C=O) groups is 3. The van der Waals surface area contributed by atoms with Gasteiger partial charge < -0.3 is 23.7 Å². The van der Waals surface area contributed by atoms with Gasteiger partial charge in [-0.25, -0.2) is 9.59 Å². The van der Waals surface area contributed by atoms with Crippen molar-refractivity contribution in [2.24, 2.45) is 5.92 Å². The highest BCUT2D eigenvalue weighted by molar-refractivity contribution is 8.00. The fraction of sp³-hybridized carbons (Fsp3) is 0.361. The molecule has 4 rings (SSSR count). The zero-order valence-corrected chi connectivity index (χ0v) is 28.5. The van der Waals surface area contributed by atoms with Crippen molar-refractivity contribution in [3.63, 3.8) is 0 Å². The lowest BCUT2D eigenvalue weighted by Gasteiger charge is -2.35. The van der Waals surface area contributed by atoms with Gasteiger partial charge in [-0.2, -0.15) is 26.3 Å². The minimum Gasteiger partial charge on any atom is -0.462 e. The van der Waals surface area contributed by atoms with Crippen LogP contribution in [0.5, 0.6) is 0 Å². The summed E-state index contributed by atoms with van der Waals surface area (Å²) in [5, 5.41) is -1.37. The predicted molar refractivity (Wildman–Crippen MR) is 172 cm³/mol. The molecule has 1 saturated heterocycles. The van der Waals surface area contributed by atoms with E-state index in [1.807, 2.05) is 0 Å². The molecule has 0 radical (unpaired) electrons. The number of cyclic esters (lactones) is 1. The quantitative estimate of drug-likeness (QED) is 0.0588. The molecule has 0 N–H and O–H groups in total. The lowest BCUT2D eigenvalue weighted by Crippen LogP contribution is -2.54. The fourth-order valence-corrected chi connectivity index (χ4v) is 6.92. The van der Waals surface area contributed by atoms with Crippen molar-refractivity contribution in [2.45, 2.75) is 59.8 Å². The number of halogens is 6. The largest absolute Gasteiger partial charge is 0.462 e. The number of allylic oxidation sites excluding steroid dienone is 1. The number of ether oxygens (including phenoxy) is 5. The number of thioether (sulfide) groups is 1. The Labute approximate surface area is 294 Å². The SMILES string of the molecule is CO[C@](C(=O)O[C@@H]1[C@@H](C=C(C)C)OC(=O)[C@H]1C(COC(=O)[C@](OC)(c1ccccc1)C(F)(F)F)Sc1ccccc1)(c1ccccc1)C(F)(F)F. The molecule has 0 aliphatic carbocycles. The second-order valence-corrected chi connectivity index (χ2v) is 12.9. The van der Waals surface area contributed by atoms with Crippen LogP contribution in [0.3, 0.4) is 0 Å². The standard InChI is InChI=1S/C36H34F6O8S/c1-22(2)20-26-29(50-32(45)34(47-4,36(40,41)42)24-16-10-6-11-17-24)28(30(43)49-26)27(51-25-18-12-7-13-19-25)21-48-31(44)33(46-3,35(37,38)39)23-14-8-5-9-15-23/h5-20,26-29H,21H2,1-4H3/t26-,27?,28+,29-,33-,34+/m1/s1. The molecule has 1 heterocycles. The molecule has 1 unspecified atom stereocenters. The third-order valence-corrected chi connectivity index (χ3v) is 9.38. The van der Waals surface area contributed by atoms with Gasteiger partial charge in [0.2, 0.25) is 0 Å². The third kappa shape index (κ3) is 7.95. The van der Waals surface area contributed by atoms with Crippen LogP contribution in [0, 0.1) is 5.92 Å². The first kappa shape index (κ1) is 39.4. The normalized spacial score (nSPS) is 20.7. The summed E-state index contributed by atoms with van der Waals surface area (Å²) in [6.07, 6.45) is -12.5. The van der Waals surface area contributed by atoms with Gasteiger partial charge in [0.1, 0.15) is 12.5 Å². The zero-order chi connectivity index (χ0) is 37.6. The number of hydrogen-bond acceptors (Lipinski definition) is 9. The maximum atomic E-state index is 14.8.